The summed E-state index contributed by atoms with van der Waals surface area (Å²) < 4.78 is 20.6. The third-order valence-corrected chi connectivity index (χ3v) is 3.94. The Balaban J connectivity index is 5.47. The van der Waals surface area contributed by atoms with Gasteiger partial charge in [-0.2, -0.15) is 50.5 Å². The Morgan fingerprint density at radius 3 is 1.04 bits per heavy atom. The molecule has 0 heterocycles. The van der Waals surface area contributed by atoms with E-state index in [4.69, 9.17) is 18.9 Å². The summed E-state index contributed by atoms with van der Waals surface area (Å²) >= 11 is 15.9. The molecule has 0 aromatic rings. The zero-order valence-electron chi connectivity index (χ0n) is 15.9. The predicted molar refractivity (Wildman–Crippen MR) is 115 cm³/mol. The number of thiol groups is 4. The summed E-state index contributed by atoms with van der Waals surface area (Å²) in [6.45, 7) is 5.07. The Morgan fingerprint density at radius 1 is 0.571 bits per heavy atom. The molecule has 0 saturated heterocycles. The molecular weight excluding hydrogens is 448 g/mol. The van der Waals surface area contributed by atoms with E-state index in [0.29, 0.717) is 0 Å². The van der Waals surface area contributed by atoms with Gasteiger partial charge in [-0.25, -0.2) is 0 Å². The first-order chi connectivity index (χ1) is 12.9. The number of carbonyl (C=O) groups excluding carboxylic acids is 4. The predicted octanol–water partition coefficient (Wildman–Crippen LogP) is 1.17. The van der Waals surface area contributed by atoms with Gasteiger partial charge in [0.25, 0.3) is 0 Å². The number of esters is 4. The average molecular weight is 475 g/mol. The van der Waals surface area contributed by atoms with Gasteiger partial charge in [0.15, 0.2) is 12.2 Å². The van der Waals surface area contributed by atoms with Gasteiger partial charge in [-0.1, -0.05) is 0 Å². The lowest BCUT2D eigenvalue weighted by Gasteiger charge is -2.27. The molecule has 0 aliphatic rings. The third-order valence-electron chi connectivity index (χ3n) is 3.09. The Bertz CT molecular complexity index is 503. The normalized spacial score (nSPS) is 17.3. The minimum absolute atomic E-state index is 0.442. The Kier molecular flexibility index (Phi) is 13.1. The van der Waals surface area contributed by atoms with Crippen LogP contribution in [0.3, 0.4) is 0 Å². The molecule has 162 valence electrons. The summed E-state index contributed by atoms with van der Waals surface area (Å²) in [4.78, 5) is 47.4. The third kappa shape index (κ3) is 10.7. The molecule has 8 nitrogen and oxygen atoms in total. The summed E-state index contributed by atoms with van der Waals surface area (Å²) in [7, 11) is 0. The quantitative estimate of drug-likeness (QED) is 0.201. The smallest absolute Gasteiger partial charge is 0.319 e. The van der Waals surface area contributed by atoms with E-state index in [-0.39, 0.29) is 0 Å². The summed E-state index contributed by atoms with van der Waals surface area (Å²) in [5.41, 5.74) is 0. The molecule has 0 spiro atoms. The number of rotatable bonds is 11. The lowest BCUT2D eigenvalue weighted by molar-refractivity contribution is -0.181. The standard InChI is InChI=1S/C16H26O8S4/c1-7(25)13(17)21-5-11(23-15(19)9(3)27)12(24-16(20)10(4)28)6-22-14(18)8(2)26/h7-12,25-28H,5-6H2,1-4H3/t7?,8?,9?,10?,11-,12+. The molecule has 0 aliphatic heterocycles. The maximum Gasteiger partial charge on any atom is 0.319 e. The fourth-order valence-corrected chi connectivity index (χ4v) is 1.77. The van der Waals surface area contributed by atoms with E-state index in [1.165, 1.54) is 27.7 Å². The summed E-state index contributed by atoms with van der Waals surface area (Å²) in [6, 6.07) is 0. The molecule has 0 N–H and O–H groups in total. The maximum absolute atomic E-state index is 12.0. The van der Waals surface area contributed by atoms with Gasteiger partial charge in [0, 0.05) is 0 Å². The monoisotopic (exact) mass is 474 g/mol. The van der Waals surface area contributed by atoms with Crippen molar-refractivity contribution in [1.29, 1.82) is 0 Å². The van der Waals surface area contributed by atoms with E-state index in [0.717, 1.165) is 0 Å². The van der Waals surface area contributed by atoms with Crippen LogP contribution in [0.15, 0.2) is 0 Å². The van der Waals surface area contributed by atoms with Crippen molar-refractivity contribution in [3.05, 3.63) is 0 Å². The van der Waals surface area contributed by atoms with E-state index < -0.39 is 70.3 Å². The minimum atomic E-state index is -1.24. The van der Waals surface area contributed by atoms with Crippen LogP contribution < -0.4 is 0 Å². The highest BCUT2D eigenvalue weighted by molar-refractivity contribution is 7.82. The molecule has 0 aromatic heterocycles. The molecule has 12 heteroatoms. The number of hydrogen-bond acceptors (Lipinski definition) is 12. The molecule has 0 aliphatic carbocycles. The molecule has 28 heavy (non-hydrogen) atoms. The van der Waals surface area contributed by atoms with Gasteiger partial charge in [-0.05, 0) is 27.7 Å². The van der Waals surface area contributed by atoms with Crippen LogP contribution >= 0.6 is 50.5 Å². The van der Waals surface area contributed by atoms with Gasteiger partial charge in [-0.15, -0.1) is 0 Å². The van der Waals surface area contributed by atoms with Crippen LogP contribution in [0, 0.1) is 0 Å². The highest BCUT2D eigenvalue weighted by Crippen LogP contribution is 2.14. The first kappa shape index (κ1) is 27.3. The molecule has 0 saturated carbocycles. The van der Waals surface area contributed by atoms with Crippen molar-refractivity contribution >= 4 is 74.4 Å². The van der Waals surface area contributed by atoms with Crippen LogP contribution in [0.1, 0.15) is 27.7 Å². The molecule has 0 bridgehead atoms. The molecule has 4 unspecified atom stereocenters. The van der Waals surface area contributed by atoms with Crippen LogP contribution in [0.25, 0.3) is 0 Å². The second kappa shape index (κ2) is 13.5. The molecular formula is C16H26O8S4. The number of ether oxygens (including phenoxy) is 4. The Morgan fingerprint density at radius 2 is 0.821 bits per heavy atom. The lowest BCUT2D eigenvalue weighted by atomic mass is 10.2. The topological polar surface area (TPSA) is 105 Å². The molecule has 0 fully saturated rings. The minimum Gasteiger partial charge on any atom is -0.461 e. The average Bonchev–Trinajstić information content (AvgIpc) is 2.60. The second-order valence-corrected chi connectivity index (χ2v) is 9.01. The zero-order valence-corrected chi connectivity index (χ0v) is 19.5. The fourth-order valence-electron chi connectivity index (χ4n) is 1.50. The maximum atomic E-state index is 12.0. The van der Waals surface area contributed by atoms with Crippen molar-refractivity contribution in [1.82, 2.24) is 0 Å². The summed E-state index contributed by atoms with van der Waals surface area (Å²) in [5, 5.41) is -3.02. The summed E-state index contributed by atoms with van der Waals surface area (Å²) in [5.74, 6) is -2.82. The molecule has 0 rings (SSSR count). The largest absolute Gasteiger partial charge is 0.461 e. The molecule has 0 amide bonds. The van der Waals surface area contributed by atoms with Crippen LogP contribution in [0.5, 0.6) is 0 Å². The fraction of sp³-hybridized carbons (Fsp3) is 0.750. The van der Waals surface area contributed by atoms with Gasteiger partial charge in [0.1, 0.15) is 13.2 Å². The van der Waals surface area contributed by atoms with Gasteiger partial charge in [-0.3, -0.25) is 19.2 Å². The Hall–Kier alpha value is -0.720. The molecule has 6 atom stereocenters. The number of carbonyl (C=O) groups is 4. The lowest BCUT2D eigenvalue weighted by Crippen LogP contribution is -2.44. The van der Waals surface area contributed by atoms with Crippen molar-refractivity contribution in [3.63, 3.8) is 0 Å². The number of hydrogen-bond donors (Lipinski definition) is 4. The van der Waals surface area contributed by atoms with E-state index >= 15 is 0 Å². The highest BCUT2D eigenvalue weighted by atomic mass is 32.1. The van der Waals surface area contributed by atoms with E-state index in [9.17, 15) is 19.2 Å². The highest BCUT2D eigenvalue weighted by Gasteiger charge is 2.33. The Labute approximate surface area is 186 Å². The van der Waals surface area contributed by atoms with Crippen molar-refractivity contribution in [3.8, 4) is 0 Å². The van der Waals surface area contributed by atoms with Crippen LogP contribution in [-0.2, 0) is 38.1 Å². The summed E-state index contributed by atoms with van der Waals surface area (Å²) in [6.07, 6.45) is -2.48. The van der Waals surface area contributed by atoms with Gasteiger partial charge in [0.05, 0.1) is 21.0 Å². The zero-order chi connectivity index (χ0) is 22.0. The van der Waals surface area contributed by atoms with E-state index in [1.807, 2.05) is 0 Å². The first-order valence-corrected chi connectivity index (χ1v) is 10.4. The van der Waals surface area contributed by atoms with Crippen molar-refractivity contribution in [2.75, 3.05) is 13.2 Å². The van der Waals surface area contributed by atoms with Gasteiger partial charge < -0.3 is 18.9 Å². The SMILES string of the molecule is CC(S)C(=O)OC[C@H](OC(=O)C(C)S)[C@@H](COC(=O)C(C)S)OC(=O)C(C)S. The van der Waals surface area contributed by atoms with Crippen LogP contribution in [0.4, 0.5) is 0 Å². The van der Waals surface area contributed by atoms with Crippen molar-refractivity contribution in [2.24, 2.45) is 0 Å². The van der Waals surface area contributed by atoms with Gasteiger partial charge in [0.2, 0.25) is 0 Å². The van der Waals surface area contributed by atoms with Gasteiger partial charge >= 0.3 is 23.9 Å². The van der Waals surface area contributed by atoms with Crippen molar-refractivity contribution < 1.29 is 38.1 Å². The van der Waals surface area contributed by atoms with Crippen LogP contribution in [-0.4, -0.2) is 70.3 Å². The first-order valence-electron chi connectivity index (χ1n) is 8.33. The molecule has 0 aromatic carbocycles. The van der Waals surface area contributed by atoms with E-state index in [2.05, 4.69) is 50.5 Å². The molecule has 0 radical (unpaired) electrons. The van der Waals surface area contributed by atoms with Crippen LogP contribution in [0.2, 0.25) is 0 Å². The second-order valence-electron chi connectivity index (χ2n) is 5.91. The van der Waals surface area contributed by atoms with Crippen molar-refractivity contribution in [2.45, 2.75) is 60.9 Å². The van der Waals surface area contributed by atoms with E-state index in [1.54, 1.807) is 0 Å².